The Morgan fingerprint density at radius 2 is 2.20 bits per heavy atom. The number of likely N-dealkylation sites (tertiary alicyclic amines) is 1. The molecule has 136 valence electrons. The average Bonchev–Trinajstić information content (AvgIpc) is 3.19. The molecule has 1 N–H and O–H groups in total. The molecule has 0 aliphatic carbocycles. The van der Waals surface area contributed by atoms with E-state index in [1.165, 1.54) is 6.42 Å². The second-order valence-electron chi connectivity index (χ2n) is 6.79. The number of nitrogens with one attached hydrogen (secondary N) is 1. The van der Waals surface area contributed by atoms with Gasteiger partial charge in [0, 0.05) is 19.9 Å². The summed E-state index contributed by atoms with van der Waals surface area (Å²) in [6, 6.07) is 3.80. The number of aromatic nitrogens is 2. The lowest BCUT2D eigenvalue weighted by Gasteiger charge is -2.31. The van der Waals surface area contributed by atoms with Crippen molar-refractivity contribution in [1.29, 1.82) is 0 Å². The number of piperidine rings is 1. The van der Waals surface area contributed by atoms with Crippen LogP contribution in [0, 0.1) is 19.8 Å². The molecule has 3 heterocycles. The van der Waals surface area contributed by atoms with Crippen LogP contribution in [0.1, 0.15) is 49.0 Å². The van der Waals surface area contributed by atoms with Crippen LogP contribution in [0.2, 0.25) is 0 Å². The molecule has 0 bridgehead atoms. The number of carbonyl (C=O) groups excluding carboxylic acids is 1. The second kappa shape index (κ2) is 8.29. The lowest BCUT2D eigenvalue weighted by molar-refractivity contribution is -0.121. The molecule has 25 heavy (non-hydrogen) atoms. The van der Waals surface area contributed by atoms with Crippen molar-refractivity contribution in [3.8, 4) is 0 Å². The highest BCUT2D eigenvalue weighted by Crippen LogP contribution is 2.22. The Bertz CT molecular complexity index is 694. The highest BCUT2D eigenvalue weighted by atomic mass is 16.4. The molecular weight excluding hydrogens is 320 g/mol. The van der Waals surface area contributed by atoms with Gasteiger partial charge in [-0.05, 0) is 50.8 Å². The van der Waals surface area contributed by atoms with Crippen molar-refractivity contribution in [1.82, 2.24) is 20.4 Å². The van der Waals surface area contributed by atoms with Gasteiger partial charge in [-0.2, -0.15) is 0 Å². The summed E-state index contributed by atoms with van der Waals surface area (Å²) in [5, 5.41) is 10.9. The summed E-state index contributed by atoms with van der Waals surface area (Å²) >= 11 is 0. The monoisotopic (exact) mass is 346 g/mol. The molecule has 7 heteroatoms. The number of nitrogens with zero attached hydrogens (tertiary/aromatic N) is 3. The van der Waals surface area contributed by atoms with Crippen LogP contribution in [0.5, 0.6) is 0 Å². The first-order valence-electron chi connectivity index (χ1n) is 8.92. The van der Waals surface area contributed by atoms with Crippen molar-refractivity contribution in [2.45, 2.75) is 52.6 Å². The maximum Gasteiger partial charge on any atom is 0.230 e. The maximum absolute atomic E-state index is 12.0. The molecular formula is C18H26N4O3. The minimum atomic E-state index is 0.0821. The third-order valence-electron chi connectivity index (χ3n) is 4.57. The minimum Gasteiger partial charge on any atom is -0.465 e. The first-order chi connectivity index (χ1) is 12.1. The Morgan fingerprint density at radius 3 is 2.92 bits per heavy atom. The fourth-order valence-corrected chi connectivity index (χ4v) is 3.31. The van der Waals surface area contributed by atoms with E-state index in [2.05, 4.69) is 20.4 Å². The number of furan rings is 1. The van der Waals surface area contributed by atoms with Crippen molar-refractivity contribution in [3.05, 3.63) is 35.4 Å². The predicted octanol–water partition coefficient (Wildman–Crippen LogP) is 2.59. The topological polar surface area (TPSA) is 84.4 Å². The molecule has 0 saturated carbocycles. The van der Waals surface area contributed by atoms with Gasteiger partial charge in [-0.1, -0.05) is 0 Å². The highest BCUT2D eigenvalue weighted by Gasteiger charge is 2.22. The standard InChI is InChI=1S/C18H26N4O3/c1-13-5-7-16(24-13)10-19-17(23)8-6-15-4-3-9-22(11-15)12-18-21-20-14(2)25-18/h5,7,15H,3-4,6,8-12H2,1-2H3,(H,19,23)/t15-/m0/s1. The van der Waals surface area contributed by atoms with Crippen LogP contribution in [0.4, 0.5) is 0 Å². The third-order valence-corrected chi connectivity index (χ3v) is 4.57. The Balaban J connectivity index is 1.37. The van der Waals surface area contributed by atoms with E-state index in [0.29, 0.717) is 37.2 Å². The average molecular weight is 346 g/mol. The molecule has 0 spiro atoms. The van der Waals surface area contributed by atoms with Gasteiger partial charge in [-0.25, -0.2) is 0 Å². The van der Waals surface area contributed by atoms with Gasteiger partial charge in [-0.3, -0.25) is 9.69 Å². The van der Waals surface area contributed by atoms with E-state index in [1.807, 2.05) is 19.1 Å². The summed E-state index contributed by atoms with van der Waals surface area (Å²) in [6.45, 7) is 6.88. The molecule has 1 fully saturated rings. The lowest BCUT2D eigenvalue weighted by Crippen LogP contribution is -2.35. The SMILES string of the molecule is Cc1ccc(CNC(=O)CC[C@@H]2CCCN(Cc3nnc(C)o3)C2)o1. The van der Waals surface area contributed by atoms with Gasteiger partial charge in [0.2, 0.25) is 17.7 Å². The predicted molar refractivity (Wildman–Crippen MR) is 91.6 cm³/mol. The van der Waals surface area contributed by atoms with E-state index in [0.717, 1.165) is 37.5 Å². The Hall–Kier alpha value is -2.15. The van der Waals surface area contributed by atoms with Crippen molar-refractivity contribution in [2.24, 2.45) is 5.92 Å². The zero-order chi connectivity index (χ0) is 17.6. The van der Waals surface area contributed by atoms with Crippen molar-refractivity contribution in [3.63, 3.8) is 0 Å². The molecule has 0 aromatic carbocycles. The van der Waals surface area contributed by atoms with Crippen LogP contribution in [-0.2, 0) is 17.9 Å². The molecule has 2 aromatic heterocycles. The number of aryl methyl sites for hydroxylation is 2. The summed E-state index contributed by atoms with van der Waals surface area (Å²) in [4.78, 5) is 14.4. The number of carbonyl (C=O) groups is 1. The lowest BCUT2D eigenvalue weighted by atomic mass is 9.93. The van der Waals surface area contributed by atoms with Crippen molar-refractivity contribution in [2.75, 3.05) is 13.1 Å². The molecule has 1 aliphatic heterocycles. The zero-order valence-electron chi connectivity index (χ0n) is 15.0. The first-order valence-corrected chi connectivity index (χ1v) is 8.92. The summed E-state index contributed by atoms with van der Waals surface area (Å²) in [5.74, 6) is 3.55. The summed E-state index contributed by atoms with van der Waals surface area (Å²) < 4.78 is 10.9. The van der Waals surface area contributed by atoms with E-state index in [1.54, 1.807) is 6.92 Å². The molecule has 0 radical (unpaired) electrons. The van der Waals surface area contributed by atoms with Crippen LogP contribution in [0.25, 0.3) is 0 Å². The van der Waals surface area contributed by atoms with E-state index in [4.69, 9.17) is 8.83 Å². The van der Waals surface area contributed by atoms with E-state index in [-0.39, 0.29) is 5.91 Å². The number of hydrogen-bond acceptors (Lipinski definition) is 6. The zero-order valence-corrected chi connectivity index (χ0v) is 15.0. The van der Waals surface area contributed by atoms with Crippen LogP contribution in [0.15, 0.2) is 21.0 Å². The van der Waals surface area contributed by atoms with Gasteiger partial charge in [0.25, 0.3) is 0 Å². The summed E-state index contributed by atoms with van der Waals surface area (Å²) in [6.07, 6.45) is 3.77. The fourth-order valence-electron chi connectivity index (χ4n) is 3.31. The normalized spacial score (nSPS) is 18.4. The van der Waals surface area contributed by atoms with Gasteiger partial charge in [0.1, 0.15) is 11.5 Å². The van der Waals surface area contributed by atoms with Crippen LogP contribution in [0.3, 0.4) is 0 Å². The van der Waals surface area contributed by atoms with Crippen molar-refractivity contribution < 1.29 is 13.6 Å². The quantitative estimate of drug-likeness (QED) is 0.829. The Kier molecular flexibility index (Phi) is 5.86. The molecule has 0 unspecified atom stereocenters. The smallest absolute Gasteiger partial charge is 0.230 e. The molecule has 2 aromatic rings. The van der Waals surface area contributed by atoms with Gasteiger partial charge in [-0.15, -0.1) is 10.2 Å². The Labute approximate surface area is 147 Å². The Morgan fingerprint density at radius 1 is 1.32 bits per heavy atom. The maximum atomic E-state index is 12.0. The second-order valence-corrected chi connectivity index (χ2v) is 6.79. The summed E-state index contributed by atoms with van der Waals surface area (Å²) in [7, 11) is 0. The number of rotatable bonds is 7. The number of hydrogen-bond donors (Lipinski definition) is 1. The van der Waals surface area contributed by atoms with Crippen molar-refractivity contribution >= 4 is 5.91 Å². The molecule has 1 atom stereocenters. The van der Waals surface area contributed by atoms with E-state index >= 15 is 0 Å². The molecule has 1 saturated heterocycles. The summed E-state index contributed by atoms with van der Waals surface area (Å²) in [5.41, 5.74) is 0. The largest absolute Gasteiger partial charge is 0.465 e. The van der Waals surface area contributed by atoms with Gasteiger partial charge < -0.3 is 14.2 Å². The highest BCUT2D eigenvalue weighted by molar-refractivity contribution is 5.75. The number of amides is 1. The van der Waals surface area contributed by atoms with Gasteiger partial charge in [0.15, 0.2) is 0 Å². The molecule has 1 amide bonds. The van der Waals surface area contributed by atoms with Gasteiger partial charge >= 0.3 is 0 Å². The molecule has 7 nitrogen and oxygen atoms in total. The first kappa shape index (κ1) is 17.7. The van der Waals surface area contributed by atoms with E-state index < -0.39 is 0 Å². The molecule has 1 aliphatic rings. The van der Waals surface area contributed by atoms with E-state index in [9.17, 15) is 4.79 Å². The van der Waals surface area contributed by atoms with Crippen LogP contribution in [-0.4, -0.2) is 34.1 Å². The van der Waals surface area contributed by atoms with Crippen LogP contribution < -0.4 is 5.32 Å². The molecule has 3 rings (SSSR count). The minimum absolute atomic E-state index is 0.0821. The van der Waals surface area contributed by atoms with Gasteiger partial charge in [0.05, 0.1) is 13.1 Å². The third kappa shape index (κ3) is 5.42. The van der Waals surface area contributed by atoms with Crippen LogP contribution >= 0.6 is 0 Å². The fraction of sp³-hybridized carbons (Fsp3) is 0.611.